The molecule has 1 aliphatic carbocycles. The first-order valence-corrected chi connectivity index (χ1v) is 5.17. The lowest BCUT2D eigenvalue weighted by Gasteiger charge is -2.25. The van der Waals surface area contributed by atoms with Gasteiger partial charge in [-0.3, -0.25) is 0 Å². The van der Waals surface area contributed by atoms with E-state index >= 15 is 0 Å². The van der Waals surface area contributed by atoms with Crippen LogP contribution in [0.15, 0.2) is 0 Å². The standard InChI is InChI=1S/C8H15N.C2H6/c1-2-7-4-5-9-6-8(7)3-1;1-2/h7-9H,1-6H2;1-2H3. The predicted octanol–water partition coefficient (Wildman–Crippen LogP) is 2.42. The van der Waals surface area contributed by atoms with Gasteiger partial charge in [-0.05, 0) is 37.8 Å². The van der Waals surface area contributed by atoms with Crippen molar-refractivity contribution in [2.75, 3.05) is 13.1 Å². The third-order valence-corrected chi connectivity index (χ3v) is 2.91. The van der Waals surface area contributed by atoms with Crippen LogP contribution in [0.4, 0.5) is 0 Å². The molecule has 0 aromatic carbocycles. The van der Waals surface area contributed by atoms with Crippen molar-refractivity contribution in [3.8, 4) is 0 Å². The molecule has 1 N–H and O–H groups in total. The lowest BCUT2D eigenvalue weighted by atomic mass is 9.90. The first kappa shape index (κ1) is 9.05. The normalized spacial score (nSPS) is 35.5. The maximum Gasteiger partial charge on any atom is -0.00179 e. The summed E-state index contributed by atoms with van der Waals surface area (Å²) in [6, 6.07) is 0. The van der Waals surface area contributed by atoms with E-state index < -0.39 is 0 Å². The molecule has 0 radical (unpaired) electrons. The molecule has 2 aliphatic rings. The van der Waals surface area contributed by atoms with E-state index in [1.807, 2.05) is 13.8 Å². The highest BCUT2D eigenvalue weighted by Crippen LogP contribution is 2.34. The molecule has 1 saturated heterocycles. The van der Waals surface area contributed by atoms with Crippen LogP contribution in [0.5, 0.6) is 0 Å². The zero-order valence-electron chi connectivity index (χ0n) is 7.90. The van der Waals surface area contributed by atoms with Gasteiger partial charge in [-0.2, -0.15) is 0 Å². The first-order valence-electron chi connectivity index (χ1n) is 5.17. The Morgan fingerprint density at radius 1 is 1.00 bits per heavy atom. The molecule has 0 spiro atoms. The Bertz CT molecular complexity index is 89.0. The Morgan fingerprint density at radius 3 is 2.45 bits per heavy atom. The van der Waals surface area contributed by atoms with E-state index in [1.165, 1.54) is 38.8 Å². The quantitative estimate of drug-likeness (QED) is 0.566. The minimum absolute atomic E-state index is 1.05. The highest BCUT2D eigenvalue weighted by molar-refractivity contribution is 4.82. The fourth-order valence-corrected chi connectivity index (χ4v) is 2.34. The van der Waals surface area contributed by atoms with E-state index in [-0.39, 0.29) is 0 Å². The van der Waals surface area contributed by atoms with Gasteiger partial charge in [0.1, 0.15) is 0 Å². The lowest BCUT2D eigenvalue weighted by Crippen LogP contribution is -2.33. The summed E-state index contributed by atoms with van der Waals surface area (Å²) in [5.41, 5.74) is 0. The Labute approximate surface area is 70.6 Å². The summed E-state index contributed by atoms with van der Waals surface area (Å²) in [5.74, 6) is 2.16. The van der Waals surface area contributed by atoms with Crippen molar-refractivity contribution in [1.29, 1.82) is 0 Å². The van der Waals surface area contributed by atoms with Gasteiger partial charge < -0.3 is 5.32 Å². The first-order chi connectivity index (χ1) is 5.47. The molecule has 1 nitrogen and oxygen atoms in total. The third-order valence-electron chi connectivity index (χ3n) is 2.91. The molecule has 2 atom stereocenters. The van der Waals surface area contributed by atoms with Crippen LogP contribution in [0.25, 0.3) is 0 Å². The molecule has 11 heavy (non-hydrogen) atoms. The molecule has 66 valence electrons. The molecular weight excluding hydrogens is 134 g/mol. The minimum atomic E-state index is 1.05. The van der Waals surface area contributed by atoms with Crippen molar-refractivity contribution in [3.63, 3.8) is 0 Å². The van der Waals surface area contributed by atoms with Crippen molar-refractivity contribution < 1.29 is 0 Å². The Morgan fingerprint density at radius 2 is 1.73 bits per heavy atom. The van der Waals surface area contributed by atoms with Crippen LogP contribution in [-0.4, -0.2) is 13.1 Å². The molecule has 1 aliphatic heterocycles. The fourth-order valence-electron chi connectivity index (χ4n) is 2.34. The van der Waals surface area contributed by atoms with Crippen LogP contribution in [0.3, 0.4) is 0 Å². The average molecular weight is 155 g/mol. The van der Waals surface area contributed by atoms with Crippen molar-refractivity contribution in [3.05, 3.63) is 0 Å². The van der Waals surface area contributed by atoms with Crippen molar-refractivity contribution in [2.24, 2.45) is 11.8 Å². The monoisotopic (exact) mass is 155 g/mol. The molecule has 1 heterocycles. The van der Waals surface area contributed by atoms with E-state index in [0.29, 0.717) is 0 Å². The van der Waals surface area contributed by atoms with Crippen molar-refractivity contribution >= 4 is 0 Å². The zero-order valence-corrected chi connectivity index (χ0v) is 7.90. The zero-order chi connectivity index (χ0) is 8.10. The van der Waals surface area contributed by atoms with E-state index in [1.54, 1.807) is 0 Å². The molecular formula is C10H21N. The number of hydrogen-bond donors (Lipinski definition) is 1. The van der Waals surface area contributed by atoms with Crippen LogP contribution in [0, 0.1) is 11.8 Å². The summed E-state index contributed by atoms with van der Waals surface area (Å²) in [4.78, 5) is 0. The molecule has 1 heteroatoms. The summed E-state index contributed by atoms with van der Waals surface area (Å²) in [6.07, 6.45) is 5.96. The number of fused-ring (bicyclic) bond motifs is 1. The number of piperidine rings is 1. The Balaban J connectivity index is 0.000000281. The van der Waals surface area contributed by atoms with Gasteiger partial charge in [0.2, 0.25) is 0 Å². The lowest BCUT2D eigenvalue weighted by molar-refractivity contribution is 0.295. The highest BCUT2D eigenvalue weighted by Gasteiger charge is 2.28. The van der Waals surface area contributed by atoms with Crippen molar-refractivity contribution in [2.45, 2.75) is 39.5 Å². The summed E-state index contributed by atoms with van der Waals surface area (Å²) in [6.45, 7) is 6.59. The Hall–Kier alpha value is -0.0400. The van der Waals surface area contributed by atoms with Crippen LogP contribution >= 0.6 is 0 Å². The van der Waals surface area contributed by atoms with Crippen LogP contribution in [0.1, 0.15) is 39.5 Å². The van der Waals surface area contributed by atoms with E-state index in [9.17, 15) is 0 Å². The Kier molecular flexibility index (Phi) is 3.92. The van der Waals surface area contributed by atoms with E-state index in [0.717, 1.165) is 11.8 Å². The van der Waals surface area contributed by atoms with E-state index in [4.69, 9.17) is 0 Å². The molecule has 1 saturated carbocycles. The predicted molar refractivity (Wildman–Crippen MR) is 49.7 cm³/mol. The van der Waals surface area contributed by atoms with Gasteiger partial charge >= 0.3 is 0 Å². The van der Waals surface area contributed by atoms with Gasteiger partial charge in [0.05, 0.1) is 0 Å². The molecule has 2 fully saturated rings. The average Bonchev–Trinajstić information content (AvgIpc) is 2.55. The van der Waals surface area contributed by atoms with Gasteiger partial charge in [0.25, 0.3) is 0 Å². The van der Waals surface area contributed by atoms with Crippen LogP contribution in [-0.2, 0) is 0 Å². The van der Waals surface area contributed by atoms with Gasteiger partial charge in [-0.25, -0.2) is 0 Å². The van der Waals surface area contributed by atoms with Gasteiger partial charge in [-0.1, -0.05) is 26.7 Å². The number of hydrogen-bond acceptors (Lipinski definition) is 1. The van der Waals surface area contributed by atoms with Crippen molar-refractivity contribution in [1.82, 2.24) is 5.32 Å². The molecule has 2 rings (SSSR count). The summed E-state index contributed by atoms with van der Waals surface area (Å²) >= 11 is 0. The van der Waals surface area contributed by atoms with Crippen LogP contribution < -0.4 is 5.32 Å². The smallest absolute Gasteiger partial charge is 0.00179 e. The SMILES string of the molecule is C1CC2CCNCC2C1.CC. The molecule has 2 unspecified atom stereocenters. The number of rotatable bonds is 0. The summed E-state index contributed by atoms with van der Waals surface area (Å²) in [5, 5.41) is 3.46. The maximum atomic E-state index is 3.46. The fraction of sp³-hybridized carbons (Fsp3) is 1.00. The second kappa shape index (κ2) is 4.76. The number of nitrogens with one attached hydrogen (secondary N) is 1. The second-order valence-electron chi connectivity index (χ2n) is 3.44. The summed E-state index contributed by atoms with van der Waals surface area (Å²) < 4.78 is 0. The maximum absolute atomic E-state index is 3.46. The molecule has 0 aromatic rings. The van der Waals surface area contributed by atoms with Crippen LogP contribution in [0.2, 0.25) is 0 Å². The molecule has 0 aromatic heterocycles. The third kappa shape index (κ3) is 2.19. The minimum Gasteiger partial charge on any atom is -0.316 e. The second-order valence-corrected chi connectivity index (χ2v) is 3.44. The molecule has 0 bridgehead atoms. The highest BCUT2D eigenvalue weighted by atomic mass is 14.9. The largest absolute Gasteiger partial charge is 0.316 e. The summed E-state index contributed by atoms with van der Waals surface area (Å²) in [7, 11) is 0. The van der Waals surface area contributed by atoms with E-state index in [2.05, 4.69) is 5.32 Å². The van der Waals surface area contributed by atoms with Gasteiger partial charge in [0, 0.05) is 0 Å². The van der Waals surface area contributed by atoms with Gasteiger partial charge in [0.15, 0.2) is 0 Å². The molecule has 0 amide bonds. The van der Waals surface area contributed by atoms with Gasteiger partial charge in [-0.15, -0.1) is 0 Å². The topological polar surface area (TPSA) is 12.0 Å².